The Labute approximate surface area is 135 Å². The van der Waals surface area contributed by atoms with Gasteiger partial charge in [0.05, 0.1) is 27.6 Å². The smallest absolute Gasteiger partial charge is 0.129 e. The number of hydrogen-bond donors (Lipinski definition) is 0. The van der Waals surface area contributed by atoms with Gasteiger partial charge < -0.3 is 0 Å². The highest BCUT2D eigenvalue weighted by Gasteiger charge is 2.15. The largest absolute Gasteiger partial charge is 0.293 e. The summed E-state index contributed by atoms with van der Waals surface area (Å²) in [6.07, 6.45) is 0. The van der Waals surface area contributed by atoms with Crippen LogP contribution in [-0.4, -0.2) is 9.55 Å². The van der Waals surface area contributed by atoms with Crippen molar-refractivity contribution in [2.45, 2.75) is 12.8 Å². The Morgan fingerprint density at radius 3 is 2.80 bits per heavy atom. The summed E-state index contributed by atoms with van der Waals surface area (Å²) in [5.41, 5.74) is 4.00. The Morgan fingerprint density at radius 1 is 1.25 bits per heavy atom. The van der Waals surface area contributed by atoms with E-state index in [9.17, 15) is 0 Å². The van der Waals surface area contributed by atoms with Crippen molar-refractivity contribution in [3.05, 3.63) is 57.3 Å². The minimum atomic E-state index is 0.330. The second-order valence-corrected chi connectivity index (χ2v) is 6.13. The highest BCUT2D eigenvalue weighted by molar-refractivity contribution is 9.10. The topological polar surface area (TPSA) is 17.8 Å². The molecule has 2 aromatic carbocycles. The molecule has 0 saturated heterocycles. The highest BCUT2D eigenvalue weighted by Crippen LogP contribution is 2.31. The molecule has 0 fully saturated rings. The van der Waals surface area contributed by atoms with Gasteiger partial charge in [-0.15, -0.1) is 11.6 Å². The van der Waals surface area contributed by atoms with Gasteiger partial charge >= 0.3 is 0 Å². The van der Waals surface area contributed by atoms with Gasteiger partial charge in [0.1, 0.15) is 5.82 Å². The first kappa shape index (κ1) is 13.9. The molecule has 1 heterocycles. The van der Waals surface area contributed by atoms with Crippen LogP contribution < -0.4 is 0 Å². The van der Waals surface area contributed by atoms with Crippen LogP contribution in [0.15, 0.2) is 40.9 Å². The number of aromatic nitrogens is 2. The molecule has 20 heavy (non-hydrogen) atoms. The van der Waals surface area contributed by atoms with Gasteiger partial charge in [-0.3, -0.25) is 4.57 Å². The van der Waals surface area contributed by atoms with Gasteiger partial charge in [0, 0.05) is 4.47 Å². The van der Waals surface area contributed by atoms with Crippen molar-refractivity contribution < 1.29 is 0 Å². The number of nitrogens with zero attached hydrogens (tertiary/aromatic N) is 2. The summed E-state index contributed by atoms with van der Waals surface area (Å²) in [4.78, 5) is 4.60. The number of hydrogen-bond acceptors (Lipinski definition) is 1. The lowest BCUT2D eigenvalue weighted by atomic mass is 10.2. The van der Waals surface area contributed by atoms with Crippen LogP contribution in [0.4, 0.5) is 0 Å². The zero-order valence-corrected chi connectivity index (χ0v) is 13.8. The average molecular weight is 370 g/mol. The molecule has 0 radical (unpaired) electrons. The number of aryl methyl sites for hydroxylation is 1. The second kappa shape index (κ2) is 5.40. The Bertz CT molecular complexity index is 796. The lowest BCUT2D eigenvalue weighted by Gasteiger charge is -2.11. The summed E-state index contributed by atoms with van der Waals surface area (Å²) in [6, 6.07) is 11.8. The van der Waals surface area contributed by atoms with Crippen molar-refractivity contribution in [3.8, 4) is 5.69 Å². The van der Waals surface area contributed by atoms with Crippen molar-refractivity contribution in [1.29, 1.82) is 0 Å². The average Bonchev–Trinajstić information content (AvgIpc) is 2.81. The monoisotopic (exact) mass is 368 g/mol. The maximum absolute atomic E-state index is 6.36. The molecule has 3 aromatic rings. The second-order valence-electron chi connectivity index (χ2n) is 4.54. The van der Waals surface area contributed by atoms with Gasteiger partial charge in [0.2, 0.25) is 0 Å². The van der Waals surface area contributed by atoms with E-state index in [1.54, 1.807) is 0 Å². The third-order valence-electron chi connectivity index (χ3n) is 3.22. The number of fused-ring (bicyclic) bond motifs is 1. The number of alkyl halides is 1. The molecule has 0 unspecified atom stereocenters. The molecule has 0 aliphatic carbocycles. The van der Waals surface area contributed by atoms with Crippen LogP contribution in [0.5, 0.6) is 0 Å². The number of para-hydroxylation sites is 1. The van der Waals surface area contributed by atoms with E-state index < -0.39 is 0 Å². The molecule has 5 heteroatoms. The minimum Gasteiger partial charge on any atom is -0.293 e. The lowest BCUT2D eigenvalue weighted by Crippen LogP contribution is -2.01. The fourth-order valence-electron chi connectivity index (χ4n) is 2.35. The van der Waals surface area contributed by atoms with E-state index in [4.69, 9.17) is 23.2 Å². The Kier molecular flexibility index (Phi) is 3.76. The van der Waals surface area contributed by atoms with Gasteiger partial charge in [-0.2, -0.15) is 0 Å². The summed E-state index contributed by atoms with van der Waals surface area (Å²) in [5.74, 6) is 1.12. The molecule has 1 aromatic heterocycles. The first-order chi connectivity index (χ1) is 9.61. The third-order valence-corrected chi connectivity index (χ3v) is 4.27. The van der Waals surface area contributed by atoms with E-state index >= 15 is 0 Å². The number of halogens is 3. The SMILES string of the molecule is Cc1cccc2nc(CCl)n(-c3cc(Br)ccc3Cl)c12. The Balaban J connectivity index is 2.42. The summed E-state index contributed by atoms with van der Waals surface area (Å²) < 4.78 is 3.00. The van der Waals surface area contributed by atoms with Gasteiger partial charge in [-0.25, -0.2) is 4.98 Å². The van der Waals surface area contributed by atoms with Gasteiger partial charge in [0.25, 0.3) is 0 Å². The predicted molar refractivity (Wildman–Crippen MR) is 88.1 cm³/mol. The molecular weight excluding hydrogens is 359 g/mol. The molecule has 0 aliphatic heterocycles. The third kappa shape index (κ3) is 2.24. The summed E-state index contributed by atoms with van der Waals surface area (Å²) >= 11 is 15.9. The Hall–Kier alpha value is -1.03. The molecule has 0 atom stereocenters. The predicted octanol–water partition coefficient (Wildman–Crippen LogP) is 5.49. The van der Waals surface area contributed by atoms with Crippen LogP contribution in [0.25, 0.3) is 16.7 Å². The van der Waals surface area contributed by atoms with Crippen LogP contribution in [0.1, 0.15) is 11.4 Å². The molecule has 0 amide bonds. The van der Waals surface area contributed by atoms with Crippen LogP contribution in [0, 0.1) is 6.92 Å². The number of rotatable bonds is 2. The fraction of sp³-hybridized carbons (Fsp3) is 0.133. The molecular formula is C15H11BrCl2N2. The van der Waals surface area contributed by atoms with E-state index in [2.05, 4.69) is 33.9 Å². The van der Waals surface area contributed by atoms with Crippen LogP contribution >= 0.6 is 39.1 Å². The first-order valence-electron chi connectivity index (χ1n) is 6.10. The number of benzene rings is 2. The maximum atomic E-state index is 6.36. The molecule has 0 N–H and O–H groups in total. The van der Waals surface area contributed by atoms with Crippen molar-refractivity contribution in [3.63, 3.8) is 0 Å². The minimum absolute atomic E-state index is 0.330. The quantitative estimate of drug-likeness (QED) is 0.546. The van der Waals surface area contributed by atoms with Crippen LogP contribution in [0.2, 0.25) is 5.02 Å². The summed E-state index contributed by atoms with van der Waals surface area (Å²) in [5, 5.41) is 0.669. The molecule has 3 rings (SSSR count). The normalized spacial score (nSPS) is 11.2. The zero-order valence-electron chi connectivity index (χ0n) is 10.7. The van der Waals surface area contributed by atoms with Crippen molar-refractivity contribution in [1.82, 2.24) is 9.55 Å². The van der Waals surface area contributed by atoms with Gasteiger partial charge in [-0.05, 0) is 36.8 Å². The maximum Gasteiger partial charge on any atom is 0.129 e. The van der Waals surface area contributed by atoms with Crippen LogP contribution in [0.3, 0.4) is 0 Å². The standard InChI is InChI=1S/C15H11BrCl2N2/c1-9-3-2-4-12-15(9)20(14(8-17)19-12)13-7-10(16)5-6-11(13)18/h2-7H,8H2,1H3. The highest BCUT2D eigenvalue weighted by atomic mass is 79.9. The molecule has 0 saturated carbocycles. The zero-order chi connectivity index (χ0) is 14.3. The van der Waals surface area contributed by atoms with Gasteiger partial charge in [0.15, 0.2) is 0 Å². The molecule has 102 valence electrons. The van der Waals surface area contributed by atoms with Crippen molar-refractivity contribution >= 4 is 50.2 Å². The van der Waals surface area contributed by atoms with E-state index in [0.717, 1.165) is 32.6 Å². The van der Waals surface area contributed by atoms with E-state index in [0.29, 0.717) is 10.9 Å². The van der Waals surface area contributed by atoms with Crippen molar-refractivity contribution in [2.75, 3.05) is 0 Å². The first-order valence-corrected chi connectivity index (χ1v) is 7.80. The molecule has 0 aliphatic rings. The Morgan fingerprint density at radius 2 is 2.05 bits per heavy atom. The van der Waals surface area contributed by atoms with Crippen molar-refractivity contribution in [2.24, 2.45) is 0 Å². The fourth-order valence-corrected chi connectivity index (χ4v) is 3.08. The number of imidazole rings is 1. The lowest BCUT2D eigenvalue weighted by molar-refractivity contribution is 0.978. The summed E-state index contributed by atoms with van der Waals surface area (Å²) in [7, 11) is 0. The van der Waals surface area contributed by atoms with E-state index in [1.807, 2.05) is 34.9 Å². The van der Waals surface area contributed by atoms with E-state index in [1.165, 1.54) is 0 Å². The van der Waals surface area contributed by atoms with Gasteiger partial charge in [-0.1, -0.05) is 39.7 Å². The molecule has 0 spiro atoms. The van der Waals surface area contributed by atoms with E-state index in [-0.39, 0.29) is 0 Å². The molecule has 0 bridgehead atoms. The summed E-state index contributed by atoms with van der Waals surface area (Å²) in [6.45, 7) is 2.06. The van der Waals surface area contributed by atoms with Crippen LogP contribution in [-0.2, 0) is 5.88 Å². The molecule has 2 nitrogen and oxygen atoms in total.